The summed E-state index contributed by atoms with van der Waals surface area (Å²) in [6, 6.07) is 10.3. The zero-order valence-electron chi connectivity index (χ0n) is 15.8. The van der Waals surface area contributed by atoms with Gasteiger partial charge in [0.15, 0.2) is 0 Å². The number of ether oxygens (including phenoxy) is 1. The van der Waals surface area contributed by atoms with Crippen LogP contribution in [0.2, 0.25) is 0 Å². The highest BCUT2D eigenvalue weighted by Gasteiger charge is 2.24. The second-order valence-electron chi connectivity index (χ2n) is 6.06. The fourth-order valence-electron chi connectivity index (χ4n) is 2.45. The van der Waals surface area contributed by atoms with Gasteiger partial charge in [0.1, 0.15) is 12.1 Å². The predicted molar refractivity (Wildman–Crippen MR) is 105 cm³/mol. The summed E-state index contributed by atoms with van der Waals surface area (Å²) in [4.78, 5) is 40.6. The molecule has 0 radical (unpaired) electrons. The van der Waals surface area contributed by atoms with Crippen molar-refractivity contribution in [2.75, 3.05) is 11.9 Å². The Hall–Kier alpha value is -3.42. The van der Waals surface area contributed by atoms with Crippen molar-refractivity contribution in [3.63, 3.8) is 0 Å². The molecule has 0 spiro atoms. The number of hydrogen-bond acceptors (Lipinski definition) is 5. The topological polar surface area (TPSA) is 109 Å². The molecule has 0 aliphatic rings. The van der Waals surface area contributed by atoms with E-state index in [2.05, 4.69) is 20.9 Å². The van der Waals surface area contributed by atoms with Crippen molar-refractivity contribution < 1.29 is 19.1 Å². The molecule has 0 aliphatic carbocycles. The molecule has 28 heavy (non-hydrogen) atoms. The Morgan fingerprint density at radius 3 is 2.36 bits per heavy atom. The first-order valence-electron chi connectivity index (χ1n) is 8.98. The van der Waals surface area contributed by atoms with Crippen LogP contribution < -0.4 is 16.0 Å². The molecule has 1 heterocycles. The quantitative estimate of drug-likeness (QED) is 0.602. The van der Waals surface area contributed by atoms with Crippen LogP contribution in [0.1, 0.15) is 19.4 Å². The lowest BCUT2D eigenvalue weighted by Gasteiger charge is -2.20. The van der Waals surface area contributed by atoms with E-state index in [9.17, 15) is 14.4 Å². The van der Waals surface area contributed by atoms with Gasteiger partial charge in [0.2, 0.25) is 5.91 Å². The summed E-state index contributed by atoms with van der Waals surface area (Å²) in [5.74, 6) is -0.924. The van der Waals surface area contributed by atoms with Crippen LogP contribution in [0.4, 0.5) is 10.5 Å². The fourth-order valence-corrected chi connectivity index (χ4v) is 2.45. The number of carbonyl (C=O) groups excluding carboxylic acids is 3. The van der Waals surface area contributed by atoms with E-state index in [1.165, 1.54) is 6.92 Å². The van der Waals surface area contributed by atoms with Gasteiger partial charge >= 0.3 is 12.0 Å². The Bertz CT molecular complexity index is 783. The zero-order valence-corrected chi connectivity index (χ0v) is 15.8. The molecule has 0 aliphatic heterocycles. The molecule has 0 saturated heterocycles. The SMILES string of the molecule is CCOC(=O)[C@H](C)NC(=O)N[C@@H](Cc1ccccc1)C(=O)Nc1ccncc1. The molecule has 3 amide bonds. The standard InChI is InChI=1S/C20H24N4O4/c1-3-28-19(26)14(2)22-20(27)24-17(13-15-7-5-4-6-8-15)18(25)23-16-9-11-21-12-10-16/h4-12,14,17H,3,13H2,1-2H3,(H,21,23,25)(H2,22,24,27)/t14-,17-/m0/s1. The summed E-state index contributed by atoms with van der Waals surface area (Å²) < 4.78 is 4.87. The second kappa shape index (κ2) is 10.7. The minimum Gasteiger partial charge on any atom is -0.464 e. The maximum atomic E-state index is 12.7. The number of carbonyl (C=O) groups is 3. The molecule has 3 N–H and O–H groups in total. The van der Waals surface area contributed by atoms with Gasteiger partial charge in [-0.2, -0.15) is 0 Å². The Morgan fingerprint density at radius 2 is 1.71 bits per heavy atom. The van der Waals surface area contributed by atoms with E-state index >= 15 is 0 Å². The maximum Gasteiger partial charge on any atom is 0.328 e. The number of urea groups is 1. The molecule has 0 fully saturated rings. The van der Waals surface area contributed by atoms with E-state index in [4.69, 9.17) is 4.74 Å². The lowest BCUT2D eigenvalue weighted by atomic mass is 10.1. The summed E-state index contributed by atoms with van der Waals surface area (Å²) in [6.07, 6.45) is 3.41. The van der Waals surface area contributed by atoms with Crippen LogP contribution in [0.5, 0.6) is 0 Å². The zero-order chi connectivity index (χ0) is 20.4. The number of pyridine rings is 1. The van der Waals surface area contributed by atoms with E-state index in [1.54, 1.807) is 31.5 Å². The van der Waals surface area contributed by atoms with E-state index in [0.29, 0.717) is 12.1 Å². The van der Waals surface area contributed by atoms with Crippen molar-refractivity contribution in [3.8, 4) is 0 Å². The Labute approximate surface area is 163 Å². The molecule has 2 atom stereocenters. The van der Waals surface area contributed by atoms with Gasteiger partial charge in [0.05, 0.1) is 6.61 Å². The van der Waals surface area contributed by atoms with Crippen LogP contribution in [0.25, 0.3) is 0 Å². The van der Waals surface area contributed by atoms with Crippen LogP contribution in [0, 0.1) is 0 Å². The lowest BCUT2D eigenvalue weighted by molar-refractivity contribution is -0.144. The third-order valence-electron chi connectivity index (χ3n) is 3.84. The van der Waals surface area contributed by atoms with Crippen LogP contribution in [0.15, 0.2) is 54.9 Å². The van der Waals surface area contributed by atoms with Gasteiger partial charge in [-0.25, -0.2) is 9.59 Å². The van der Waals surface area contributed by atoms with Crippen LogP contribution in [0.3, 0.4) is 0 Å². The fraction of sp³-hybridized carbons (Fsp3) is 0.300. The predicted octanol–water partition coefficient (Wildman–Crippen LogP) is 1.88. The largest absolute Gasteiger partial charge is 0.464 e. The number of nitrogens with zero attached hydrogens (tertiary/aromatic N) is 1. The highest BCUT2D eigenvalue weighted by molar-refractivity contribution is 5.97. The molecule has 8 nitrogen and oxygen atoms in total. The first-order valence-corrected chi connectivity index (χ1v) is 8.98. The first-order chi connectivity index (χ1) is 13.5. The van der Waals surface area contributed by atoms with Crippen molar-refractivity contribution in [2.24, 2.45) is 0 Å². The Balaban J connectivity index is 2.05. The average molecular weight is 384 g/mol. The van der Waals surface area contributed by atoms with Crippen molar-refractivity contribution in [3.05, 3.63) is 60.4 Å². The molecular weight excluding hydrogens is 360 g/mol. The molecule has 2 rings (SSSR count). The van der Waals surface area contributed by atoms with E-state index < -0.39 is 24.1 Å². The number of hydrogen-bond donors (Lipinski definition) is 3. The van der Waals surface area contributed by atoms with Gasteiger partial charge in [-0.3, -0.25) is 9.78 Å². The molecular formula is C20H24N4O4. The molecule has 0 bridgehead atoms. The molecule has 1 aromatic carbocycles. The van der Waals surface area contributed by atoms with Gasteiger partial charge in [-0.05, 0) is 31.5 Å². The van der Waals surface area contributed by atoms with E-state index in [1.807, 2.05) is 30.3 Å². The summed E-state index contributed by atoms with van der Waals surface area (Å²) in [6.45, 7) is 3.42. The number of rotatable bonds is 8. The Kier molecular flexibility index (Phi) is 7.95. The molecule has 0 saturated carbocycles. The smallest absolute Gasteiger partial charge is 0.328 e. The summed E-state index contributed by atoms with van der Waals surface area (Å²) in [7, 11) is 0. The third-order valence-corrected chi connectivity index (χ3v) is 3.84. The molecule has 2 aromatic rings. The van der Waals surface area contributed by atoms with Gasteiger partial charge in [-0.1, -0.05) is 30.3 Å². The van der Waals surface area contributed by atoms with Crippen LogP contribution >= 0.6 is 0 Å². The second-order valence-corrected chi connectivity index (χ2v) is 6.06. The van der Waals surface area contributed by atoms with Gasteiger partial charge in [0, 0.05) is 24.5 Å². The number of nitrogens with one attached hydrogen (secondary N) is 3. The maximum absolute atomic E-state index is 12.7. The third kappa shape index (κ3) is 6.71. The van der Waals surface area contributed by atoms with Crippen molar-refractivity contribution >= 4 is 23.6 Å². The van der Waals surface area contributed by atoms with Gasteiger partial charge in [0.25, 0.3) is 0 Å². The van der Waals surface area contributed by atoms with Crippen molar-refractivity contribution in [1.29, 1.82) is 0 Å². The molecule has 1 aromatic heterocycles. The number of anilines is 1. The van der Waals surface area contributed by atoms with Crippen molar-refractivity contribution in [1.82, 2.24) is 15.6 Å². The number of amides is 3. The highest BCUT2D eigenvalue weighted by Crippen LogP contribution is 2.08. The minimum atomic E-state index is -0.843. The lowest BCUT2D eigenvalue weighted by Crippen LogP contribution is -2.52. The molecule has 8 heteroatoms. The minimum absolute atomic E-state index is 0.220. The van der Waals surface area contributed by atoms with Gasteiger partial charge in [-0.15, -0.1) is 0 Å². The van der Waals surface area contributed by atoms with Gasteiger partial charge < -0.3 is 20.7 Å². The monoisotopic (exact) mass is 384 g/mol. The summed E-state index contributed by atoms with van der Waals surface area (Å²) in [5, 5.41) is 7.86. The first kappa shape index (κ1) is 20.9. The molecule has 0 unspecified atom stereocenters. The normalized spacial score (nSPS) is 12.4. The highest BCUT2D eigenvalue weighted by atomic mass is 16.5. The van der Waals surface area contributed by atoms with E-state index in [0.717, 1.165) is 5.56 Å². The molecule has 148 valence electrons. The number of esters is 1. The Morgan fingerprint density at radius 1 is 1.04 bits per heavy atom. The number of aromatic nitrogens is 1. The average Bonchev–Trinajstić information content (AvgIpc) is 2.69. The number of benzene rings is 1. The summed E-state index contributed by atoms with van der Waals surface area (Å²) >= 11 is 0. The van der Waals surface area contributed by atoms with Crippen LogP contribution in [-0.2, 0) is 20.7 Å². The summed E-state index contributed by atoms with van der Waals surface area (Å²) in [5.41, 5.74) is 1.45. The van der Waals surface area contributed by atoms with Crippen LogP contribution in [-0.4, -0.2) is 41.6 Å². The van der Waals surface area contributed by atoms with E-state index in [-0.39, 0.29) is 12.5 Å². The van der Waals surface area contributed by atoms with Crippen molar-refractivity contribution in [2.45, 2.75) is 32.4 Å².